The Kier molecular flexibility index (Phi) is 8.24. The summed E-state index contributed by atoms with van der Waals surface area (Å²) in [4.78, 5) is 35.9. The van der Waals surface area contributed by atoms with Crippen LogP contribution in [0.5, 0.6) is 0 Å². The van der Waals surface area contributed by atoms with E-state index in [9.17, 15) is 18.0 Å². The van der Waals surface area contributed by atoms with Crippen molar-refractivity contribution in [2.24, 2.45) is 5.92 Å². The fourth-order valence-corrected chi connectivity index (χ4v) is 6.97. The molecule has 0 radical (unpaired) electrons. The summed E-state index contributed by atoms with van der Waals surface area (Å²) in [6.45, 7) is -0.128. The van der Waals surface area contributed by atoms with E-state index in [-0.39, 0.29) is 35.6 Å². The Morgan fingerprint density at radius 2 is 2.03 bits per heavy atom. The van der Waals surface area contributed by atoms with Crippen molar-refractivity contribution in [3.8, 4) is 0 Å². The number of carbonyl (C=O) groups excluding carboxylic acids is 2. The van der Waals surface area contributed by atoms with Crippen LogP contribution in [0.15, 0.2) is 33.2 Å². The number of aromatic nitrogens is 2. The normalized spacial score (nSPS) is 19.2. The molecule has 3 heterocycles. The molecular formula is C21H25BrClN5O4S2. The van der Waals surface area contributed by atoms with Gasteiger partial charge in [0.05, 0.1) is 11.0 Å². The summed E-state index contributed by atoms with van der Waals surface area (Å²) in [7, 11) is -3.95. The summed E-state index contributed by atoms with van der Waals surface area (Å²) in [5, 5.41) is 5.22. The first-order valence-corrected chi connectivity index (χ1v) is 14.6. The van der Waals surface area contributed by atoms with Crippen molar-refractivity contribution in [2.45, 2.75) is 49.5 Å². The second-order valence-corrected chi connectivity index (χ2v) is 12.5. The number of amides is 2. The Bertz CT molecular complexity index is 1140. The zero-order chi connectivity index (χ0) is 24.3. The lowest BCUT2D eigenvalue weighted by molar-refractivity contribution is -0.142. The SMILES string of the molecule is O=C(Nc1nccs1)C(CC1CCCCC1)N1CCN(S(=O)(=O)c2cnc(Cl)c(Br)c2)CC1=O. The molecule has 34 heavy (non-hydrogen) atoms. The molecule has 2 aromatic rings. The van der Waals surface area contributed by atoms with E-state index in [0.717, 1.165) is 30.0 Å². The summed E-state index contributed by atoms with van der Waals surface area (Å²) in [6.07, 6.45) is 8.83. The second kappa shape index (κ2) is 11.0. The molecule has 0 spiro atoms. The summed E-state index contributed by atoms with van der Waals surface area (Å²) < 4.78 is 27.7. The molecule has 1 saturated heterocycles. The van der Waals surface area contributed by atoms with Crippen molar-refractivity contribution in [3.05, 3.63) is 33.5 Å². The minimum absolute atomic E-state index is 0.0507. The summed E-state index contributed by atoms with van der Waals surface area (Å²) in [6, 6.07) is 0.699. The number of rotatable bonds is 7. The van der Waals surface area contributed by atoms with E-state index < -0.39 is 22.0 Å². The molecule has 0 aromatic carbocycles. The van der Waals surface area contributed by atoms with Gasteiger partial charge in [-0.1, -0.05) is 43.7 Å². The maximum absolute atomic E-state index is 13.2. The van der Waals surface area contributed by atoms with Crippen molar-refractivity contribution < 1.29 is 18.0 Å². The highest BCUT2D eigenvalue weighted by molar-refractivity contribution is 9.10. The molecule has 1 saturated carbocycles. The van der Waals surface area contributed by atoms with Gasteiger partial charge >= 0.3 is 0 Å². The van der Waals surface area contributed by atoms with E-state index in [1.165, 1.54) is 34.9 Å². The van der Waals surface area contributed by atoms with Gasteiger partial charge in [0.15, 0.2) is 5.13 Å². The van der Waals surface area contributed by atoms with Crippen LogP contribution in [0, 0.1) is 5.92 Å². The van der Waals surface area contributed by atoms with Crippen molar-refractivity contribution in [3.63, 3.8) is 0 Å². The molecule has 1 atom stereocenters. The quantitative estimate of drug-likeness (QED) is 0.492. The third kappa shape index (κ3) is 5.78. The number of carbonyl (C=O) groups is 2. The van der Waals surface area contributed by atoms with Crippen LogP contribution in [-0.4, -0.2) is 65.1 Å². The van der Waals surface area contributed by atoms with Crippen LogP contribution in [0.3, 0.4) is 0 Å². The van der Waals surface area contributed by atoms with Crippen LogP contribution < -0.4 is 5.32 Å². The molecule has 2 aromatic heterocycles. The monoisotopic (exact) mass is 589 g/mol. The van der Waals surface area contributed by atoms with E-state index in [1.54, 1.807) is 11.6 Å². The van der Waals surface area contributed by atoms with Crippen LogP contribution in [-0.2, 0) is 19.6 Å². The van der Waals surface area contributed by atoms with Gasteiger partial charge in [-0.05, 0) is 34.3 Å². The highest BCUT2D eigenvalue weighted by Gasteiger charge is 2.39. The molecule has 1 unspecified atom stereocenters. The molecule has 1 aliphatic heterocycles. The first-order chi connectivity index (χ1) is 16.3. The summed E-state index contributed by atoms with van der Waals surface area (Å²) in [5.74, 6) is -0.324. The minimum atomic E-state index is -3.95. The lowest BCUT2D eigenvalue weighted by Crippen LogP contribution is -2.58. The van der Waals surface area contributed by atoms with Crippen LogP contribution in [0.1, 0.15) is 38.5 Å². The van der Waals surface area contributed by atoms with Gasteiger partial charge in [-0.25, -0.2) is 18.4 Å². The zero-order valence-electron chi connectivity index (χ0n) is 18.3. The molecule has 13 heteroatoms. The Balaban J connectivity index is 1.50. The molecule has 1 aliphatic carbocycles. The van der Waals surface area contributed by atoms with Crippen molar-refractivity contribution in [1.29, 1.82) is 0 Å². The van der Waals surface area contributed by atoms with Gasteiger partial charge in [0.1, 0.15) is 16.1 Å². The standard InChI is InChI=1S/C21H25BrClN5O4S2/c22-16-11-15(12-25-19(16)23)34(31,32)27-7-8-28(18(29)13-27)17(10-14-4-2-1-3-5-14)20(30)26-21-24-6-9-33-21/h6,9,11-12,14,17H,1-5,7-8,10,13H2,(H,24,26,30). The number of halogens is 2. The maximum atomic E-state index is 13.2. The van der Waals surface area contributed by atoms with Crippen LogP contribution in [0.2, 0.25) is 5.15 Å². The molecular weight excluding hydrogens is 566 g/mol. The number of hydrogen-bond donors (Lipinski definition) is 1. The number of hydrogen-bond acceptors (Lipinski definition) is 7. The predicted octanol–water partition coefficient (Wildman–Crippen LogP) is 3.76. The van der Waals surface area contributed by atoms with Crippen molar-refractivity contribution in [2.75, 3.05) is 25.0 Å². The molecule has 2 amide bonds. The van der Waals surface area contributed by atoms with Gasteiger partial charge in [0.25, 0.3) is 0 Å². The lowest BCUT2D eigenvalue weighted by Gasteiger charge is -2.39. The molecule has 0 bridgehead atoms. The predicted molar refractivity (Wildman–Crippen MR) is 133 cm³/mol. The number of thiazole rings is 1. The lowest BCUT2D eigenvalue weighted by atomic mass is 9.84. The van der Waals surface area contributed by atoms with E-state index >= 15 is 0 Å². The number of nitrogens with one attached hydrogen (secondary N) is 1. The highest BCUT2D eigenvalue weighted by Crippen LogP contribution is 2.31. The third-order valence-corrected chi connectivity index (χ3v) is 9.89. The largest absolute Gasteiger partial charge is 0.328 e. The Morgan fingerprint density at radius 3 is 2.68 bits per heavy atom. The highest BCUT2D eigenvalue weighted by atomic mass is 79.9. The number of anilines is 1. The molecule has 2 fully saturated rings. The minimum Gasteiger partial charge on any atom is -0.328 e. The number of piperazine rings is 1. The molecule has 4 rings (SSSR count). The third-order valence-electron chi connectivity index (χ3n) is 6.25. The fourth-order valence-electron chi connectivity index (χ4n) is 4.48. The number of sulfonamides is 1. The van der Waals surface area contributed by atoms with E-state index in [4.69, 9.17) is 11.6 Å². The van der Waals surface area contributed by atoms with Gasteiger partial charge in [-0.2, -0.15) is 4.31 Å². The van der Waals surface area contributed by atoms with E-state index in [0.29, 0.717) is 21.9 Å². The van der Waals surface area contributed by atoms with Crippen molar-refractivity contribution >= 4 is 65.8 Å². The second-order valence-electron chi connectivity index (χ2n) is 8.45. The van der Waals surface area contributed by atoms with Crippen molar-refractivity contribution in [1.82, 2.24) is 19.2 Å². The first-order valence-electron chi connectivity index (χ1n) is 11.1. The van der Waals surface area contributed by atoms with Gasteiger partial charge in [0, 0.05) is 30.9 Å². The summed E-state index contributed by atoms with van der Waals surface area (Å²) in [5.41, 5.74) is 0. The van der Waals surface area contributed by atoms with Crippen LogP contribution >= 0.6 is 38.9 Å². The first kappa shape index (κ1) is 25.5. The Hall–Kier alpha value is -1.60. The summed E-state index contributed by atoms with van der Waals surface area (Å²) >= 11 is 10.4. The van der Waals surface area contributed by atoms with Crippen LogP contribution in [0.4, 0.5) is 5.13 Å². The van der Waals surface area contributed by atoms with Gasteiger partial charge in [-0.3, -0.25) is 9.59 Å². The van der Waals surface area contributed by atoms with Crippen LogP contribution in [0.25, 0.3) is 0 Å². The molecule has 9 nitrogen and oxygen atoms in total. The Labute approximate surface area is 216 Å². The van der Waals surface area contributed by atoms with E-state index in [1.807, 2.05) is 0 Å². The average molecular weight is 591 g/mol. The molecule has 1 N–H and O–H groups in total. The smallest absolute Gasteiger partial charge is 0.248 e. The number of pyridine rings is 1. The number of nitrogens with zero attached hydrogens (tertiary/aromatic N) is 4. The van der Waals surface area contributed by atoms with E-state index in [2.05, 4.69) is 31.2 Å². The van der Waals surface area contributed by atoms with Gasteiger partial charge < -0.3 is 10.2 Å². The Morgan fingerprint density at radius 1 is 1.26 bits per heavy atom. The fraction of sp³-hybridized carbons (Fsp3) is 0.524. The maximum Gasteiger partial charge on any atom is 0.248 e. The molecule has 2 aliphatic rings. The van der Waals surface area contributed by atoms with Gasteiger partial charge in [-0.15, -0.1) is 11.3 Å². The zero-order valence-corrected chi connectivity index (χ0v) is 22.3. The molecule has 184 valence electrons. The average Bonchev–Trinajstić information content (AvgIpc) is 3.33. The van der Waals surface area contributed by atoms with Gasteiger partial charge in [0.2, 0.25) is 21.8 Å². The topological polar surface area (TPSA) is 113 Å².